The average molecular weight is 383 g/mol. The molecule has 0 atom stereocenters. The summed E-state index contributed by atoms with van der Waals surface area (Å²) in [5.41, 5.74) is 4.08. The van der Waals surface area contributed by atoms with Gasteiger partial charge in [-0.1, -0.05) is 23.5 Å². The molecule has 0 aliphatic carbocycles. The van der Waals surface area contributed by atoms with E-state index in [1.54, 1.807) is 11.3 Å². The Hall–Kier alpha value is -2.34. The normalized spacial score (nSPS) is 15.4. The minimum Gasteiger partial charge on any atom is -0.349 e. The first-order valence-corrected chi connectivity index (χ1v) is 10.5. The topological polar surface area (TPSA) is 50.2 Å². The standard InChI is InChI=1S/C21H26N4OS/c1-4-25-14(2)13-17(15(25)3)20(26)22-16-9-11-24(12-10-16)21-23-18-7-5-6-8-19(18)27-21/h5-8,13,16H,4,9-12H2,1-3H3,(H,22,26). The van der Waals surface area contributed by atoms with E-state index in [0.717, 1.165) is 60.1 Å². The molecule has 27 heavy (non-hydrogen) atoms. The Balaban J connectivity index is 1.38. The van der Waals surface area contributed by atoms with E-state index in [1.165, 1.54) is 4.70 Å². The number of rotatable bonds is 4. The number of piperidine rings is 1. The highest BCUT2D eigenvalue weighted by Gasteiger charge is 2.24. The molecule has 1 saturated heterocycles. The van der Waals surface area contributed by atoms with Crippen LogP contribution in [0.2, 0.25) is 0 Å². The number of nitrogens with one attached hydrogen (secondary N) is 1. The Morgan fingerprint density at radius 2 is 2.00 bits per heavy atom. The molecule has 1 aliphatic heterocycles. The summed E-state index contributed by atoms with van der Waals surface area (Å²) in [5, 5.41) is 4.33. The molecule has 3 aromatic rings. The Morgan fingerprint density at radius 1 is 1.26 bits per heavy atom. The van der Waals surface area contributed by atoms with E-state index in [0.29, 0.717) is 0 Å². The summed E-state index contributed by atoms with van der Waals surface area (Å²) in [6, 6.07) is 10.5. The van der Waals surface area contributed by atoms with Crippen LogP contribution in [0.1, 0.15) is 41.5 Å². The summed E-state index contributed by atoms with van der Waals surface area (Å²) in [4.78, 5) is 19.8. The number of nitrogens with zero attached hydrogens (tertiary/aromatic N) is 3. The van der Waals surface area contributed by atoms with Gasteiger partial charge in [-0.15, -0.1) is 0 Å². The largest absolute Gasteiger partial charge is 0.349 e. The molecule has 4 rings (SSSR count). The summed E-state index contributed by atoms with van der Waals surface area (Å²) in [6.07, 6.45) is 1.91. The number of amides is 1. The SMILES string of the molecule is CCn1c(C)cc(C(=O)NC2CCN(c3nc4ccccc4s3)CC2)c1C. The van der Waals surface area contributed by atoms with Crippen LogP contribution in [0.4, 0.5) is 5.13 Å². The highest BCUT2D eigenvalue weighted by atomic mass is 32.1. The van der Waals surface area contributed by atoms with Crippen molar-refractivity contribution in [2.75, 3.05) is 18.0 Å². The zero-order chi connectivity index (χ0) is 19.0. The van der Waals surface area contributed by atoms with Crippen LogP contribution in [0, 0.1) is 13.8 Å². The molecule has 0 radical (unpaired) electrons. The molecule has 0 saturated carbocycles. The predicted molar refractivity (Wildman–Crippen MR) is 112 cm³/mol. The maximum absolute atomic E-state index is 12.7. The lowest BCUT2D eigenvalue weighted by atomic mass is 10.0. The summed E-state index contributed by atoms with van der Waals surface area (Å²) in [7, 11) is 0. The monoisotopic (exact) mass is 382 g/mol. The third-order valence-electron chi connectivity index (χ3n) is 5.52. The molecule has 0 spiro atoms. The first-order chi connectivity index (χ1) is 13.1. The zero-order valence-corrected chi connectivity index (χ0v) is 17.0. The first-order valence-electron chi connectivity index (χ1n) is 9.65. The molecule has 1 aliphatic rings. The second-order valence-corrected chi connectivity index (χ2v) is 8.24. The minimum absolute atomic E-state index is 0.0567. The van der Waals surface area contributed by atoms with E-state index in [-0.39, 0.29) is 11.9 Å². The van der Waals surface area contributed by atoms with Crippen molar-refractivity contribution in [2.24, 2.45) is 0 Å². The third kappa shape index (κ3) is 3.46. The van der Waals surface area contributed by atoms with Crippen molar-refractivity contribution in [3.8, 4) is 0 Å². The smallest absolute Gasteiger partial charge is 0.253 e. The van der Waals surface area contributed by atoms with Crippen molar-refractivity contribution in [1.29, 1.82) is 0 Å². The van der Waals surface area contributed by atoms with Gasteiger partial charge < -0.3 is 14.8 Å². The summed E-state index contributed by atoms with van der Waals surface area (Å²) >= 11 is 1.75. The molecule has 2 aromatic heterocycles. The third-order valence-corrected chi connectivity index (χ3v) is 6.61. The van der Waals surface area contributed by atoms with Crippen molar-refractivity contribution in [1.82, 2.24) is 14.9 Å². The second-order valence-electron chi connectivity index (χ2n) is 7.23. The van der Waals surface area contributed by atoms with Crippen LogP contribution in [0.5, 0.6) is 0 Å². The van der Waals surface area contributed by atoms with E-state index in [9.17, 15) is 4.79 Å². The molecule has 5 nitrogen and oxygen atoms in total. The fourth-order valence-electron chi connectivity index (χ4n) is 3.99. The number of benzene rings is 1. The Kier molecular flexibility index (Phi) is 4.91. The molecule has 1 amide bonds. The van der Waals surface area contributed by atoms with Gasteiger partial charge in [0.2, 0.25) is 0 Å². The molecule has 6 heteroatoms. The fourth-order valence-corrected chi connectivity index (χ4v) is 5.01. The van der Waals surface area contributed by atoms with Crippen LogP contribution < -0.4 is 10.2 Å². The Bertz CT molecular complexity index is 933. The Morgan fingerprint density at radius 3 is 2.67 bits per heavy atom. The Labute approximate surface area is 164 Å². The second kappa shape index (κ2) is 7.35. The van der Waals surface area contributed by atoms with Gasteiger partial charge in [-0.3, -0.25) is 4.79 Å². The fraction of sp³-hybridized carbons (Fsp3) is 0.429. The number of thiazole rings is 1. The lowest BCUT2D eigenvalue weighted by Crippen LogP contribution is -2.44. The summed E-state index contributed by atoms with van der Waals surface area (Å²) in [6.45, 7) is 8.95. The summed E-state index contributed by atoms with van der Waals surface area (Å²) < 4.78 is 3.42. The van der Waals surface area contributed by atoms with Gasteiger partial charge in [0.15, 0.2) is 5.13 Å². The number of hydrogen-bond donors (Lipinski definition) is 1. The van der Waals surface area contributed by atoms with E-state index >= 15 is 0 Å². The van der Waals surface area contributed by atoms with E-state index in [1.807, 2.05) is 19.1 Å². The molecular weight excluding hydrogens is 356 g/mol. The highest BCUT2D eigenvalue weighted by molar-refractivity contribution is 7.22. The van der Waals surface area contributed by atoms with Gasteiger partial charge in [-0.25, -0.2) is 4.98 Å². The van der Waals surface area contributed by atoms with Crippen LogP contribution in [0.15, 0.2) is 30.3 Å². The number of fused-ring (bicyclic) bond motifs is 1. The lowest BCUT2D eigenvalue weighted by molar-refractivity contribution is 0.0930. The number of carbonyl (C=O) groups excluding carboxylic acids is 1. The maximum atomic E-state index is 12.7. The van der Waals surface area contributed by atoms with Crippen LogP contribution in [0.25, 0.3) is 10.2 Å². The molecule has 0 bridgehead atoms. The van der Waals surface area contributed by atoms with Gasteiger partial charge in [0.1, 0.15) is 0 Å². The lowest BCUT2D eigenvalue weighted by Gasteiger charge is -2.32. The summed E-state index contributed by atoms with van der Waals surface area (Å²) in [5.74, 6) is 0.0567. The molecule has 0 unspecified atom stereocenters. The van der Waals surface area contributed by atoms with Gasteiger partial charge >= 0.3 is 0 Å². The molecule has 142 valence electrons. The molecule has 1 aromatic carbocycles. The average Bonchev–Trinajstić information content (AvgIpc) is 3.23. The minimum atomic E-state index is 0.0567. The van der Waals surface area contributed by atoms with Crippen LogP contribution in [-0.2, 0) is 6.54 Å². The molecule has 1 fully saturated rings. The molecular formula is C21H26N4OS. The quantitative estimate of drug-likeness (QED) is 0.738. The van der Waals surface area contributed by atoms with Gasteiger partial charge in [-0.2, -0.15) is 0 Å². The van der Waals surface area contributed by atoms with Gasteiger partial charge in [0.25, 0.3) is 5.91 Å². The van der Waals surface area contributed by atoms with Gasteiger partial charge in [-0.05, 0) is 51.8 Å². The van der Waals surface area contributed by atoms with Gasteiger partial charge in [0.05, 0.1) is 15.8 Å². The van der Waals surface area contributed by atoms with Crippen LogP contribution in [0.3, 0.4) is 0 Å². The van der Waals surface area contributed by atoms with Crippen molar-refractivity contribution >= 4 is 32.6 Å². The van der Waals surface area contributed by atoms with Crippen molar-refractivity contribution in [3.63, 3.8) is 0 Å². The number of anilines is 1. The number of para-hydroxylation sites is 1. The number of aromatic nitrogens is 2. The number of hydrogen-bond acceptors (Lipinski definition) is 4. The zero-order valence-electron chi connectivity index (χ0n) is 16.2. The van der Waals surface area contributed by atoms with Crippen molar-refractivity contribution < 1.29 is 4.79 Å². The van der Waals surface area contributed by atoms with E-state index in [4.69, 9.17) is 4.98 Å². The predicted octanol–water partition coefficient (Wildman–Crippen LogP) is 4.13. The van der Waals surface area contributed by atoms with Crippen molar-refractivity contribution in [2.45, 2.75) is 46.2 Å². The molecule has 1 N–H and O–H groups in total. The molecule has 3 heterocycles. The maximum Gasteiger partial charge on any atom is 0.253 e. The van der Waals surface area contributed by atoms with E-state index in [2.05, 4.69) is 46.8 Å². The van der Waals surface area contributed by atoms with Crippen LogP contribution in [-0.4, -0.2) is 34.6 Å². The number of carbonyl (C=O) groups is 1. The highest BCUT2D eigenvalue weighted by Crippen LogP contribution is 2.30. The first kappa shape index (κ1) is 18.0. The number of aryl methyl sites for hydroxylation is 1. The van der Waals surface area contributed by atoms with Gasteiger partial charge in [0, 0.05) is 37.1 Å². The van der Waals surface area contributed by atoms with Crippen LogP contribution >= 0.6 is 11.3 Å². The van der Waals surface area contributed by atoms with Crippen molar-refractivity contribution in [3.05, 3.63) is 47.3 Å². The van der Waals surface area contributed by atoms with E-state index < -0.39 is 0 Å².